The second-order valence-electron chi connectivity index (χ2n) is 4.43. The van der Waals surface area contributed by atoms with Crippen LogP contribution in [0.4, 0.5) is 10.1 Å². The van der Waals surface area contributed by atoms with Gasteiger partial charge in [0.25, 0.3) is 11.6 Å². The number of carbonyl (C=O) groups is 1. The molecule has 0 spiro atoms. The molecule has 1 aromatic rings. The Morgan fingerprint density at radius 2 is 2.11 bits per heavy atom. The summed E-state index contributed by atoms with van der Waals surface area (Å²) in [5.74, 6) is -1.02. The minimum atomic E-state index is -0.807. The van der Waals surface area contributed by atoms with Crippen molar-refractivity contribution >= 4 is 27.5 Å². The molecule has 1 N–H and O–H groups in total. The minimum absolute atomic E-state index is 0.0600. The molecule has 0 aliphatic carbocycles. The molecule has 1 rings (SSSR count). The van der Waals surface area contributed by atoms with Crippen LogP contribution in [0.1, 0.15) is 24.2 Å². The first-order chi connectivity index (χ1) is 8.81. The van der Waals surface area contributed by atoms with E-state index < -0.39 is 22.3 Å². The number of rotatable bonds is 5. The molecule has 5 nitrogen and oxygen atoms in total. The lowest BCUT2D eigenvalue weighted by Gasteiger charge is -2.14. The Morgan fingerprint density at radius 3 is 2.63 bits per heavy atom. The summed E-state index contributed by atoms with van der Waals surface area (Å²) >= 11 is 3.40. The summed E-state index contributed by atoms with van der Waals surface area (Å²) in [5.41, 5.74) is -0.500. The molecule has 7 heteroatoms. The van der Waals surface area contributed by atoms with Gasteiger partial charge in [-0.2, -0.15) is 0 Å². The molecule has 0 radical (unpaired) electrons. The zero-order valence-electron chi connectivity index (χ0n) is 10.5. The predicted octanol–water partition coefficient (Wildman–Crippen LogP) is 2.88. The van der Waals surface area contributed by atoms with Gasteiger partial charge in [-0.15, -0.1) is 0 Å². The molecule has 1 unspecified atom stereocenters. The summed E-state index contributed by atoms with van der Waals surface area (Å²) in [4.78, 5) is 21.7. The van der Waals surface area contributed by atoms with E-state index in [1.165, 1.54) is 0 Å². The Kier molecular flexibility index (Phi) is 5.41. The maximum atomic E-state index is 13.2. The van der Waals surface area contributed by atoms with Crippen LogP contribution in [-0.2, 0) is 0 Å². The number of carbonyl (C=O) groups excluding carboxylic acids is 1. The summed E-state index contributed by atoms with van der Waals surface area (Å²) < 4.78 is 13.2. The normalized spacial score (nSPS) is 12.3. The molecule has 19 heavy (non-hydrogen) atoms. The standard InChI is InChI=1S/C12H14BrFN2O3/c1-7(2)11(13)6-15-12(17)8-3-9(14)5-10(4-8)16(18)19/h3-5,7,11H,6H2,1-2H3,(H,15,17). The van der Waals surface area contributed by atoms with Crippen LogP contribution >= 0.6 is 15.9 Å². The molecule has 0 aliphatic heterocycles. The van der Waals surface area contributed by atoms with Crippen molar-refractivity contribution in [1.82, 2.24) is 5.32 Å². The fourth-order valence-corrected chi connectivity index (χ4v) is 1.50. The number of alkyl halides is 1. The zero-order chi connectivity index (χ0) is 14.6. The molecule has 0 bridgehead atoms. The third-order valence-corrected chi connectivity index (χ3v) is 3.92. The summed E-state index contributed by atoms with van der Waals surface area (Å²) in [6.45, 7) is 4.33. The summed E-state index contributed by atoms with van der Waals surface area (Å²) in [6.07, 6.45) is 0. The molecule has 0 fully saturated rings. The molecule has 0 saturated carbocycles. The fraction of sp³-hybridized carbons (Fsp3) is 0.417. The maximum Gasteiger partial charge on any atom is 0.273 e. The minimum Gasteiger partial charge on any atom is -0.351 e. The number of non-ortho nitro benzene ring substituents is 1. The SMILES string of the molecule is CC(C)C(Br)CNC(=O)c1cc(F)cc([N+](=O)[O-])c1. The van der Waals surface area contributed by atoms with E-state index in [4.69, 9.17) is 0 Å². The van der Waals surface area contributed by atoms with Crippen LogP contribution < -0.4 is 5.32 Å². The number of nitro benzene ring substituents is 1. The van der Waals surface area contributed by atoms with E-state index in [2.05, 4.69) is 21.2 Å². The predicted molar refractivity (Wildman–Crippen MR) is 72.9 cm³/mol. The van der Waals surface area contributed by atoms with Gasteiger partial charge in [-0.3, -0.25) is 14.9 Å². The lowest BCUT2D eigenvalue weighted by Crippen LogP contribution is -2.31. The molecule has 0 saturated heterocycles. The average molecular weight is 333 g/mol. The zero-order valence-corrected chi connectivity index (χ0v) is 12.1. The molecule has 1 amide bonds. The molecule has 1 aromatic carbocycles. The highest BCUT2D eigenvalue weighted by Crippen LogP contribution is 2.16. The van der Waals surface area contributed by atoms with E-state index in [0.717, 1.165) is 18.2 Å². The van der Waals surface area contributed by atoms with Gasteiger partial charge in [0, 0.05) is 23.0 Å². The van der Waals surface area contributed by atoms with Gasteiger partial charge in [0.1, 0.15) is 5.82 Å². The number of nitro groups is 1. The lowest BCUT2D eigenvalue weighted by atomic mass is 10.1. The first-order valence-corrected chi connectivity index (χ1v) is 6.60. The first-order valence-electron chi connectivity index (χ1n) is 5.68. The van der Waals surface area contributed by atoms with E-state index in [-0.39, 0.29) is 10.4 Å². The molecule has 1 atom stereocenters. The fourth-order valence-electron chi connectivity index (χ4n) is 1.34. The number of nitrogens with one attached hydrogen (secondary N) is 1. The van der Waals surface area contributed by atoms with Crippen molar-refractivity contribution in [1.29, 1.82) is 0 Å². The van der Waals surface area contributed by atoms with Gasteiger partial charge < -0.3 is 5.32 Å². The number of amides is 1. The van der Waals surface area contributed by atoms with Gasteiger partial charge >= 0.3 is 0 Å². The Balaban J connectivity index is 2.80. The van der Waals surface area contributed by atoms with Crippen molar-refractivity contribution in [3.63, 3.8) is 0 Å². The first kappa shape index (κ1) is 15.6. The highest BCUT2D eigenvalue weighted by atomic mass is 79.9. The largest absolute Gasteiger partial charge is 0.351 e. The molecular weight excluding hydrogens is 319 g/mol. The summed E-state index contributed by atoms with van der Waals surface area (Å²) in [7, 11) is 0. The highest BCUT2D eigenvalue weighted by Gasteiger charge is 2.16. The Bertz CT molecular complexity index is 494. The molecule has 0 heterocycles. The van der Waals surface area contributed by atoms with Crippen LogP contribution in [-0.4, -0.2) is 22.2 Å². The van der Waals surface area contributed by atoms with Gasteiger partial charge in [0.05, 0.1) is 11.0 Å². The Morgan fingerprint density at radius 1 is 1.47 bits per heavy atom. The van der Waals surface area contributed by atoms with Gasteiger partial charge in [-0.05, 0) is 12.0 Å². The van der Waals surface area contributed by atoms with Crippen molar-refractivity contribution in [2.24, 2.45) is 5.92 Å². The Hall–Kier alpha value is -1.50. The quantitative estimate of drug-likeness (QED) is 0.512. The van der Waals surface area contributed by atoms with E-state index in [1.807, 2.05) is 13.8 Å². The van der Waals surface area contributed by atoms with Gasteiger partial charge in [0.15, 0.2) is 0 Å². The topological polar surface area (TPSA) is 72.2 Å². The number of hydrogen-bond acceptors (Lipinski definition) is 3. The van der Waals surface area contributed by atoms with Crippen molar-refractivity contribution in [3.05, 3.63) is 39.7 Å². The molecule has 0 aromatic heterocycles. The molecule has 104 valence electrons. The van der Waals surface area contributed by atoms with Crippen molar-refractivity contribution in [3.8, 4) is 0 Å². The average Bonchev–Trinajstić information content (AvgIpc) is 2.34. The monoisotopic (exact) mass is 332 g/mol. The van der Waals surface area contributed by atoms with E-state index >= 15 is 0 Å². The number of halogens is 2. The number of nitrogens with zero attached hydrogens (tertiary/aromatic N) is 1. The van der Waals surface area contributed by atoms with E-state index in [0.29, 0.717) is 12.5 Å². The van der Waals surface area contributed by atoms with Crippen molar-refractivity contribution in [2.75, 3.05) is 6.54 Å². The lowest BCUT2D eigenvalue weighted by molar-refractivity contribution is -0.385. The second-order valence-corrected chi connectivity index (χ2v) is 5.60. The Labute approximate surface area is 118 Å². The van der Waals surface area contributed by atoms with Gasteiger partial charge in [-0.25, -0.2) is 4.39 Å². The van der Waals surface area contributed by atoms with E-state index in [9.17, 15) is 19.3 Å². The highest BCUT2D eigenvalue weighted by molar-refractivity contribution is 9.09. The van der Waals surface area contributed by atoms with Crippen LogP contribution in [0.5, 0.6) is 0 Å². The van der Waals surface area contributed by atoms with Crippen molar-refractivity contribution < 1.29 is 14.1 Å². The maximum absolute atomic E-state index is 13.2. The third kappa shape index (κ3) is 4.59. The number of benzene rings is 1. The summed E-state index contributed by atoms with van der Waals surface area (Å²) in [5, 5.41) is 13.2. The van der Waals surface area contributed by atoms with Crippen LogP contribution in [0.15, 0.2) is 18.2 Å². The number of hydrogen-bond donors (Lipinski definition) is 1. The van der Waals surface area contributed by atoms with Gasteiger partial charge in [-0.1, -0.05) is 29.8 Å². The smallest absolute Gasteiger partial charge is 0.273 e. The molecular formula is C12H14BrFN2O3. The van der Waals surface area contributed by atoms with Gasteiger partial charge in [0.2, 0.25) is 0 Å². The van der Waals surface area contributed by atoms with Crippen LogP contribution in [0.3, 0.4) is 0 Å². The van der Waals surface area contributed by atoms with Crippen molar-refractivity contribution in [2.45, 2.75) is 18.7 Å². The third-order valence-electron chi connectivity index (χ3n) is 2.54. The summed E-state index contributed by atoms with van der Waals surface area (Å²) in [6, 6.07) is 2.80. The second kappa shape index (κ2) is 6.60. The molecule has 0 aliphatic rings. The van der Waals surface area contributed by atoms with E-state index in [1.54, 1.807) is 0 Å². The van der Waals surface area contributed by atoms with Crippen LogP contribution in [0, 0.1) is 21.8 Å². The van der Waals surface area contributed by atoms with Crippen LogP contribution in [0.25, 0.3) is 0 Å². The van der Waals surface area contributed by atoms with Crippen LogP contribution in [0.2, 0.25) is 0 Å².